The van der Waals surface area contributed by atoms with Crippen molar-refractivity contribution in [3.63, 3.8) is 0 Å². The summed E-state index contributed by atoms with van der Waals surface area (Å²) in [5.41, 5.74) is 2.01. The van der Waals surface area contributed by atoms with E-state index in [0.717, 1.165) is 16.3 Å². The maximum absolute atomic E-state index is 6.21. The third kappa shape index (κ3) is 3.17. The van der Waals surface area contributed by atoms with Crippen molar-refractivity contribution in [2.45, 2.75) is 13.0 Å². The number of rotatable bonds is 5. The number of halogens is 1. The standard InChI is InChI=1S/C16H18ClNO2/c1-11(13-6-4-5-7-14(13)17)18-12-8-9-15(19-2)16(10-12)20-3/h4-11,18H,1-3H3. The molecule has 0 aromatic heterocycles. The monoisotopic (exact) mass is 291 g/mol. The fraction of sp³-hybridized carbons (Fsp3) is 0.250. The summed E-state index contributed by atoms with van der Waals surface area (Å²) in [6, 6.07) is 13.6. The fourth-order valence-electron chi connectivity index (χ4n) is 2.08. The molecule has 0 saturated heterocycles. The summed E-state index contributed by atoms with van der Waals surface area (Å²) in [4.78, 5) is 0. The van der Waals surface area contributed by atoms with E-state index in [4.69, 9.17) is 21.1 Å². The zero-order chi connectivity index (χ0) is 14.5. The van der Waals surface area contributed by atoms with Crippen molar-refractivity contribution in [1.82, 2.24) is 0 Å². The van der Waals surface area contributed by atoms with Gasteiger partial charge in [0.1, 0.15) is 0 Å². The van der Waals surface area contributed by atoms with E-state index in [1.807, 2.05) is 42.5 Å². The highest BCUT2D eigenvalue weighted by Gasteiger charge is 2.10. The molecule has 0 aliphatic carbocycles. The lowest BCUT2D eigenvalue weighted by molar-refractivity contribution is 0.355. The van der Waals surface area contributed by atoms with Crippen LogP contribution in [0.1, 0.15) is 18.5 Å². The van der Waals surface area contributed by atoms with E-state index in [-0.39, 0.29) is 6.04 Å². The van der Waals surface area contributed by atoms with Gasteiger partial charge >= 0.3 is 0 Å². The van der Waals surface area contributed by atoms with E-state index < -0.39 is 0 Å². The minimum Gasteiger partial charge on any atom is -0.493 e. The summed E-state index contributed by atoms with van der Waals surface area (Å²) in [6.45, 7) is 2.07. The summed E-state index contributed by atoms with van der Waals surface area (Å²) in [6.07, 6.45) is 0. The van der Waals surface area contributed by atoms with Crippen LogP contribution in [0.15, 0.2) is 42.5 Å². The Morgan fingerprint density at radius 1 is 1.00 bits per heavy atom. The molecule has 0 radical (unpaired) electrons. The van der Waals surface area contributed by atoms with Crippen molar-refractivity contribution >= 4 is 17.3 Å². The molecule has 2 aromatic carbocycles. The van der Waals surface area contributed by atoms with E-state index in [2.05, 4.69) is 12.2 Å². The third-order valence-corrected chi connectivity index (χ3v) is 3.48. The molecule has 3 nitrogen and oxygen atoms in total. The van der Waals surface area contributed by atoms with E-state index in [9.17, 15) is 0 Å². The predicted molar refractivity (Wildman–Crippen MR) is 83.0 cm³/mol. The van der Waals surface area contributed by atoms with Gasteiger partial charge < -0.3 is 14.8 Å². The number of benzene rings is 2. The van der Waals surface area contributed by atoms with Crippen LogP contribution in [0.4, 0.5) is 5.69 Å². The van der Waals surface area contributed by atoms with Gasteiger partial charge in [0, 0.05) is 22.8 Å². The SMILES string of the molecule is COc1ccc(NC(C)c2ccccc2Cl)cc1OC. The van der Waals surface area contributed by atoms with Crippen molar-refractivity contribution in [3.8, 4) is 11.5 Å². The molecule has 0 aliphatic heterocycles. The third-order valence-electron chi connectivity index (χ3n) is 3.14. The van der Waals surface area contributed by atoms with Crippen LogP contribution in [-0.2, 0) is 0 Å². The molecule has 0 bridgehead atoms. The summed E-state index contributed by atoms with van der Waals surface area (Å²) >= 11 is 6.21. The largest absolute Gasteiger partial charge is 0.493 e. The van der Waals surface area contributed by atoms with Gasteiger partial charge in [-0.3, -0.25) is 0 Å². The highest BCUT2D eigenvalue weighted by molar-refractivity contribution is 6.31. The zero-order valence-corrected chi connectivity index (χ0v) is 12.6. The minimum absolute atomic E-state index is 0.0989. The maximum Gasteiger partial charge on any atom is 0.162 e. The topological polar surface area (TPSA) is 30.5 Å². The van der Waals surface area contributed by atoms with Crippen LogP contribution in [0.2, 0.25) is 5.02 Å². The fourth-order valence-corrected chi connectivity index (χ4v) is 2.38. The van der Waals surface area contributed by atoms with E-state index in [0.29, 0.717) is 11.5 Å². The lowest BCUT2D eigenvalue weighted by Crippen LogP contribution is -2.07. The number of methoxy groups -OCH3 is 2. The molecular formula is C16H18ClNO2. The summed E-state index contributed by atoms with van der Waals surface area (Å²) in [7, 11) is 3.25. The molecule has 4 heteroatoms. The second-order valence-corrected chi connectivity index (χ2v) is 4.86. The van der Waals surface area contributed by atoms with Crippen molar-refractivity contribution in [1.29, 1.82) is 0 Å². The summed E-state index contributed by atoms with van der Waals surface area (Å²) < 4.78 is 10.5. The molecule has 106 valence electrons. The summed E-state index contributed by atoms with van der Waals surface area (Å²) in [5, 5.41) is 4.16. The van der Waals surface area contributed by atoms with Crippen molar-refractivity contribution in [2.24, 2.45) is 0 Å². The first kappa shape index (κ1) is 14.5. The Hall–Kier alpha value is -1.87. The number of hydrogen-bond donors (Lipinski definition) is 1. The van der Waals surface area contributed by atoms with Gasteiger partial charge in [0.25, 0.3) is 0 Å². The van der Waals surface area contributed by atoms with Crippen molar-refractivity contribution in [3.05, 3.63) is 53.1 Å². The Bertz CT molecular complexity index is 586. The van der Waals surface area contributed by atoms with Crippen LogP contribution in [-0.4, -0.2) is 14.2 Å². The minimum atomic E-state index is 0.0989. The van der Waals surface area contributed by atoms with E-state index in [1.54, 1.807) is 14.2 Å². The normalized spacial score (nSPS) is 11.8. The van der Waals surface area contributed by atoms with Gasteiger partial charge in [-0.15, -0.1) is 0 Å². The van der Waals surface area contributed by atoms with Gasteiger partial charge in [0.05, 0.1) is 14.2 Å². The van der Waals surface area contributed by atoms with Crippen molar-refractivity contribution in [2.75, 3.05) is 19.5 Å². The Kier molecular flexibility index (Phi) is 4.74. The molecule has 0 amide bonds. The Morgan fingerprint density at radius 2 is 1.70 bits per heavy atom. The maximum atomic E-state index is 6.21. The van der Waals surface area contributed by atoms with Crippen LogP contribution >= 0.6 is 11.6 Å². The zero-order valence-electron chi connectivity index (χ0n) is 11.8. The van der Waals surface area contributed by atoms with Crippen molar-refractivity contribution < 1.29 is 9.47 Å². The lowest BCUT2D eigenvalue weighted by Gasteiger charge is -2.18. The molecule has 2 rings (SSSR count). The molecule has 20 heavy (non-hydrogen) atoms. The van der Waals surface area contributed by atoms with Gasteiger partial charge in [-0.2, -0.15) is 0 Å². The van der Waals surface area contributed by atoms with Gasteiger partial charge in [-0.25, -0.2) is 0 Å². The van der Waals surface area contributed by atoms with E-state index in [1.165, 1.54) is 0 Å². The second-order valence-electron chi connectivity index (χ2n) is 4.46. The molecule has 0 fully saturated rings. The van der Waals surface area contributed by atoms with Gasteiger partial charge in [-0.1, -0.05) is 29.8 Å². The van der Waals surface area contributed by atoms with Crippen LogP contribution in [0.25, 0.3) is 0 Å². The molecule has 1 unspecified atom stereocenters. The Balaban J connectivity index is 2.20. The van der Waals surface area contributed by atoms with Crippen LogP contribution in [0.5, 0.6) is 11.5 Å². The molecule has 0 heterocycles. The lowest BCUT2D eigenvalue weighted by atomic mass is 10.1. The highest BCUT2D eigenvalue weighted by atomic mass is 35.5. The molecular weight excluding hydrogens is 274 g/mol. The molecule has 0 aliphatic rings. The Morgan fingerprint density at radius 3 is 2.35 bits per heavy atom. The molecule has 1 atom stereocenters. The quantitative estimate of drug-likeness (QED) is 0.878. The average molecular weight is 292 g/mol. The number of nitrogens with one attached hydrogen (secondary N) is 1. The van der Waals surface area contributed by atoms with Gasteiger partial charge in [-0.05, 0) is 30.7 Å². The number of hydrogen-bond acceptors (Lipinski definition) is 3. The highest BCUT2D eigenvalue weighted by Crippen LogP contribution is 2.32. The van der Waals surface area contributed by atoms with Gasteiger partial charge in [0.2, 0.25) is 0 Å². The Labute approximate surface area is 124 Å². The van der Waals surface area contributed by atoms with E-state index >= 15 is 0 Å². The van der Waals surface area contributed by atoms with Crippen LogP contribution in [0.3, 0.4) is 0 Å². The molecule has 1 N–H and O–H groups in total. The average Bonchev–Trinajstić information content (AvgIpc) is 2.47. The second kappa shape index (κ2) is 6.53. The first-order valence-electron chi connectivity index (χ1n) is 6.38. The summed E-state index contributed by atoms with van der Waals surface area (Å²) in [5.74, 6) is 1.41. The molecule has 0 spiro atoms. The van der Waals surface area contributed by atoms with Crippen LogP contribution in [0, 0.1) is 0 Å². The predicted octanol–water partition coefficient (Wildman–Crippen LogP) is 4.53. The first-order chi connectivity index (χ1) is 9.65. The smallest absolute Gasteiger partial charge is 0.162 e. The molecule has 0 saturated carbocycles. The first-order valence-corrected chi connectivity index (χ1v) is 6.76. The van der Waals surface area contributed by atoms with Crippen LogP contribution < -0.4 is 14.8 Å². The number of anilines is 1. The molecule has 2 aromatic rings. The number of ether oxygens (including phenoxy) is 2. The van der Waals surface area contributed by atoms with Gasteiger partial charge in [0.15, 0.2) is 11.5 Å².